The van der Waals surface area contributed by atoms with Crippen molar-refractivity contribution in [2.45, 2.75) is 6.92 Å². The van der Waals surface area contributed by atoms with Gasteiger partial charge < -0.3 is 0 Å². The molecule has 0 spiro atoms. The SMILES string of the molecule is CC[PH](I)(c1ccccc1)c1ccccc1. The van der Waals surface area contributed by atoms with Crippen molar-refractivity contribution in [1.82, 2.24) is 0 Å². The van der Waals surface area contributed by atoms with Crippen LogP contribution in [-0.2, 0) is 0 Å². The predicted octanol–water partition coefficient (Wildman–Crippen LogP) is 3.76. The average molecular weight is 342 g/mol. The van der Waals surface area contributed by atoms with E-state index in [0.29, 0.717) is 0 Å². The Labute approximate surface area is 111 Å². The minimum atomic E-state index is -1.51. The van der Waals surface area contributed by atoms with E-state index in [-0.39, 0.29) is 0 Å². The molecular weight excluding hydrogens is 326 g/mol. The van der Waals surface area contributed by atoms with Crippen LogP contribution in [0.15, 0.2) is 60.7 Å². The van der Waals surface area contributed by atoms with Crippen LogP contribution < -0.4 is 10.6 Å². The summed E-state index contributed by atoms with van der Waals surface area (Å²) in [7, 11) is 0. The van der Waals surface area contributed by atoms with E-state index in [9.17, 15) is 0 Å². The summed E-state index contributed by atoms with van der Waals surface area (Å²) in [5, 5.41) is 3.04. The molecule has 2 aromatic rings. The molecule has 84 valence electrons. The third-order valence-electron chi connectivity index (χ3n) is 2.95. The van der Waals surface area contributed by atoms with E-state index in [4.69, 9.17) is 0 Å². The number of rotatable bonds is 3. The Kier molecular flexibility index (Phi) is 3.99. The Bertz CT molecular complexity index is 399. The number of hydrogen-bond donors (Lipinski definition) is 0. The maximum absolute atomic E-state index is 2.71. The van der Waals surface area contributed by atoms with Gasteiger partial charge in [-0.25, -0.2) is 0 Å². The summed E-state index contributed by atoms with van der Waals surface area (Å²) >= 11 is 2.71. The average Bonchev–Trinajstić information content (AvgIpc) is 2.40. The normalized spacial score (nSPS) is 12.4. The van der Waals surface area contributed by atoms with E-state index in [2.05, 4.69) is 89.6 Å². The summed E-state index contributed by atoms with van der Waals surface area (Å²) in [5.74, 6) is 0. The topological polar surface area (TPSA) is 0 Å². The molecule has 0 aromatic heterocycles. The van der Waals surface area contributed by atoms with Crippen molar-refractivity contribution in [3.63, 3.8) is 0 Å². The molecule has 0 saturated heterocycles. The first kappa shape index (κ1) is 12.1. The van der Waals surface area contributed by atoms with Gasteiger partial charge in [-0.2, -0.15) is 0 Å². The van der Waals surface area contributed by atoms with Gasteiger partial charge in [-0.1, -0.05) is 0 Å². The van der Waals surface area contributed by atoms with Crippen LogP contribution in [0.1, 0.15) is 6.92 Å². The van der Waals surface area contributed by atoms with E-state index >= 15 is 0 Å². The van der Waals surface area contributed by atoms with Gasteiger partial charge in [-0.3, -0.25) is 0 Å². The van der Waals surface area contributed by atoms with E-state index in [1.807, 2.05) is 0 Å². The van der Waals surface area contributed by atoms with E-state index in [1.165, 1.54) is 16.8 Å². The van der Waals surface area contributed by atoms with Crippen molar-refractivity contribution in [2.75, 3.05) is 6.16 Å². The molecule has 0 bridgehead atoms. The molecule has 0 aliphatic carbocycles. The first-order valence-electron chi connectivity index (χ1n) is 5.57. The van der Waals surface area contributed by atoms with Crippen LogP contribution in [0, 0.1) is 0 Å². The maximum atomic E-state index is 2.71. The van der Waals surface area contributed by atoms with Gasteiger partial charge in [-0.05, 0) is 0 Å². The third kappa shape index (κ3) is 2.31. The van der Waals surface area contributed by atoms with Crippen molar-refractivity contribution in [3.8, 4) is 0 Å². The molecule has 0 nitrogen and oxygen atoms in total. The second-order valence-corrected chi connectivity index (χ2v) is 12.9. The Hall–Kier alpha value is -0.400. The van der Waals surface area contributed by atoms with Gasteiger partial charge in [0.25, 0.3) is 0 Å². The molecular formula is C14H16IP. The van der Waals surface area contributed by atoms with Gasteiger partial charge in [0.2, 0.25) is 0 Å². The molecule has 0 aliphatic heterocycles. The van der Waals surface area contributed by atoms with Crippen molar-refractivity contribution in [1.29, 1.82) is 0 Å². The van der Waals surface area contributed by atoms with Crippen LogP contribution in [0.2, 0.25) is 0 Å². The van der Waals surface area contributed by atoms with E-state index in [0.717, 1.165) is 0 Å². The molecule has 16 heavy (non-hydrogen) atoms. The molecule has 2 aromatic carbocycles. The second-order valence-electron chi connectivity index (χ2n) is 3.89. The Morgan fingerprint density at radius 2 is 1.19 bits per heavy atom. The van der Waals surface area contributed by atoms with Crippen molar-refractivity contribution in [2.24, 2.45) is 0 Å². The fourth-order valence-electron chi connectivity index (χ4n) is 1.98. The van der Waals surface area contributed by atoms with Crippen LogP contribution in [0.3, 0.4) is 0 Å². The first-order valence-corrected chi connectivity index (χ1v) is 10.9. The van der Waals surface area contributed by atoms with Crippen LogP contribution in [-0.4, -0.2) is 6.16 Å². The van der Waals surface area contributed by atoms with Crippen LogP contribution in [0.5, 0.6) is 0 Å². The Balaban J connectivity index is 2.49. The zero-order valence-corrected chi connectivity index (χ0v) is 12.5. The van der Waals surface area contributed by atoms with Gasteiger partial charge in [0.15, 0.2) is 0 Å². The minimum absolute atomic E-state index is 1.24. The Morgan fingerprint density at radius 1 is 0.812 bits per heavy atom. The predicted molar refractivity (Wildman–Crippen MR) is 85.0 cm³/mol. The number of benzene rings is 2. The number of hydrogen-bond acceptors (Lipinski definition) is 0. The summed E-state index contributed by atoms with van der Waals surface area (Å²) in [6.45, 7) is 2.30. The molecule has 0 atom stereocenters. The van der Waals surface area contributed by atoms with Crippen LogP contribution in [0.4, 0.5) is 0 Å². The van der Waals surface area contributed by atoms with Gasteiger partial charge in [-0.15, -0.1) is 0 Å². The van der Waals surface area contributed by atoms with Gasteiger partial charge in [0.1, 0.15) is 0 Å². The van der Waals surface area contributed by atoms with Gasteiger partial charge >= 0.3 is 111 Å². The van der Waals surface area contributed by atoms with Crippen molar-refractivity contribution < 1.29 is 0 Å². The second kappa shape index (κ2) is 5.29. The molecule has 0 fully saturated rings. The summed E-state index contributed by atoms with van der Waals surface area (Å²) in [5.41, 5.74) is 0. The molecule has 0 N–H and O–H groups in total. The van der Waals surface area contributed by atoms with Crippen molar-refractivity contribution >= 4 is 37.6 Å². The quantitative estimate of drug-likeness (QED) is 0.589. The first-order chi connectivity index (χ1) is 7.77. The molecule has 0 saturated carbocycles. The standard InChI is InChI=1S/C14H16IP/c1-2-16(15,13-9-5-3-6-10-13)14-11-7-4-8-12-14/h3-12,16H,2H2,1H3. The fraction of sp³-hybridized carbons (Fsp3) is 0.143. The molecule has 0 unspecified atom stereocenters. The van der Waals surface area contributed by atoms with Crippen molar-refractivity contribution in [3.05, 3.63) is 60.7 Å². The summed E-state index contributed by atoms with van der Waals surface area (Å²) in [4.78, 5) is -1.51. The molecule has 2 rings (SSSR count). The summed E-state index contributed by atoms with van der Waals surface area (Å²) in [6, 6.07) is 21.9. The molecule has 2 heteroatoms. The van der Waals surface area contributed by atoms with Gasteiger partial charge in [0.05, 0.1) is 0 Å². The van der Waals surface area contributed by atoms with Crippen LogP contribution in [0.25, 0.3) is 0 Å². The zero-order chi connectivity index (χ0) is 11.4. The molecule has 0 radical (unpaired) electrons. The van der Waals surface area contributed by atoms with E-state index < -0.39 is 4.90 Å². The van der Waals surface area contributed by atoms with Crippen LogP contribution >= 0.6 is 26.9 Å². The van der Waals surface area contributed by atoms with Gasteiger partial charge in [0, 0.05) is 0 Å². The summed E-state index contributed by atoms with van der Waals surface area (Å²) < 4.78 is 0. The monoisotopic (exact) mass is 342 g/mol. The Morgan fingerprint density at radius 3 is 1.50 bits per heavy atom. The fourth-order valence-corrected chi connectivity index (χ4v) is 6.73. The molecule has 0 heterocycles. The molecule has 0 aliphatic rings. The number of halogens is 1. The summed E-state index contributed by atoms with van der Waals surface area (Å²) in [6.07, 6.45) is 1.24. The zero-order valence-electron chi connectivity index (χ0n) is 9.36. The third-order valence-corrected chi connectivity index (χ3v) is 12.4. The van der Waals surface area contributed by atoms with E-state index in [1.54, 1.807) is 0 Å². The molecule has 0 amide bonds.